The van der Waals surface area contributed by atoms with Gasteiger partial charge in [0.25, 0.3) is 0 Å². The van der Waals surface area contributed by atoms with E-state index in [0.29, 0.717) is 5.02 Å². The lowest BCUT2D eigenvalue weighted by molar-refractivity contribution is 0.343. The van der Waals surface area contributed by atoms with Crippen LogP contribution in [0.2, 0.25) is 5.02 Å². The van der Waals surface area contributed by atoms with Gasteiger partial charge in [-0.05, 0) is 30.3 Å². The molecule has 1 aromatic carbocycles. The van der Waals surface area contributed by atoms with E-state index in [1.165, 1.54) is 0 Å². The van der Waals surface area contributed by atoms with Gasteiger partial charge in [0, 0.05) is 10.4 Å². The molecule has 2 nitrogen and oxygen atoms in total. The first-order chi connectivity index (χ1) is 7.29. The Kier molecular flexibility index (Phi) is 2.99. The number of rotatable bonds is 2. The topological polar surface area (TPSA) is 33.1 Å². The highest BCUT2D eigenvalue weighted by molar-refractivity contribution is 6.31. The molecular weight excluding hydrogens is 210 g/mol. The van der Waals surface area contributed by atoms with Gasteiger partial charge >= 0.3 is 0 Å². The fourth-order valence-corrected chi connectivity index (χ4v) is 1.56. The normalized spacial score (nSPS) is 11.3. The fourth-order valence-electron chi connectivity index (χ4n) is 1.38. The van der Waals surface area contributed by atoms with Gasteiger partial charge < -0.3 is 5.11 Å². The molecule has 0 amide bonds. The van der Waals surface area contributed by atoms with Crippen LogP contribution in [0.1, 0.15) is 5.69 Å². The van der Waals surface area contributed by atoms with Gasteiger partial charge in [-0.15, -0.1) is 0 Å². The van der Waals surface area contributed by atoms with Crippen LogP contribution in [0.4, 0.5) is 0 Å². The molecule has 1 aromatic heterocycles. The standard InChI is InChI=1S/C12H10ClNO/c13-10-4-6-12-9(8-10)3-5-11(14-12)2-1-7-15/h1-6,8,15H,7H2/b2-1+. The maximum absolute atomic E-state index is 8.65. The third kappa shape index (κ3) is 2.35. The van der Waals surface area contributed by atoms with Gasteiger partial charge in [-0.3, -0.25) is 0 Å². The first kappa shape index (κ1) is 10.1. The van der Waals surface area contributed by atoms with E-state index in [9.17, 15) is 0 Å². The van der Waals surface area contributed by atoms with Crippen molar-refractivity contribution in [2.45, 2.75) is 0 Å². The number of fused-ring (bicyclic) bond motifs is 1. The average Bonchev–Trinajstić information content (AvgIpc) is 2.26. The summed E-state index contributed by atoms with van der Waals surface area (Å²) in [6.45, 7) is 0.0281. The molecule has 1 N–H and O–H groups in total. The van der Waals surface area contributed by atoms with Crippen molar-refractivity contribution in [3.63, 3.8) is 0 Å². The van der Waals surface area contributed by atoms with Crippen LogP contribution in [-0.4, -0.2) is 16.7 Å². The van der Waals surface area contributed by atoms with Gasteiger partial charge in [-0.2, -0.15) is 0 Å². The first-order valence-electron chi connectivity index (χ1n) is 4.63. The molecule has 0 radical (unpaired) electrons. The van der Waals surface area contributed by atoms with Gasteiger partial charge in [-0.1, -0.05) is 23.7 Å². The molecule has 0 atom stereocenters. The van der Waals surface area contributed by atoms with E-state index in [1.807, 2.05) is 30.3 Å². The van der Waals surface area contributed by atoms with E-state index in [4.69, 9.17) is 16.7 Å². The Hall–Kier alpha value is -1.38. The van der Waals surface area contributed by atoms with Crippen LogP contribution in [0.3, 0.4) is 0 Å². The van der Waals surface area contributed by atoms with E-state index in [2.05, 4.69) is 4.98 Å². The van der Waals surface area contributed by atoms with Crippen molar-refractivity contribution in [2.75, 3.05) is 6.61 Å². The molecule has 0 saturated carbocycles. The van der Waals surface area contributed by atoms with E-state index in [1.54, 1.807) is 12.2 Å². The average molecular weight is 220 g/mol. The van der Waals surface area contributed by atoms with Gasteiger partial charge in [0.15, 0.2) is 0 Å². The minimum absolute atomic E-state index is 0.0281. The maximum Gasteiger partial charge on any atom is 0.0710 e. The molecule has 0 aliphatic rings. The molecule has 0 unspecified atom stereocenters. The zero-order valence-electron chi connectivity index (χ0n) is 8.02. The minimum atomic E-state index is 0.0281. The van der Waals surface area contributed by atoms with Crippen molar-refractivity contribution in [1.82, 2.24) is 4.98 Å². The highest BCUT2D eigenvalue weighted by Gasteiger charge is 1.96. The molecule has 0 bridgehead atoms. The summed E-state index contributed by atoms with van der Waals surface area (Å²) in [5, 5.41) is 10.4. The summed E-state index contributed by atoms with van der Waals surface area (Å²) in [7, 11) is 0. The van der Waals surface area contributed by atoms with Crippen LogP contribution in [0.25, 0.3) is 17.0 Å². The van der Waals surface area contributed by atoms with Crippen molar-refractivity contribution in [3.8, 4) is 0 Å². The number of aliphatic hydroxyl groups excluding tert-OH is 1. The Morgan fingerprint density at radius 1 is 1.27 bits per heavy atom. The lowest BCUT2D eigenvalue weighted by Gasteiger charge is -1.99. The molecule has 2 aromatic rings. The molecule has 2 rings (SSSR count). The number of benzene rings is 1. The number of hydrogen-bond donors (Lipinski definition) is 1. The largest absolute Gasteiger partial charge is 0.392 e. The lowest BCUT2D eigenvalue weighted by Crippen LogP contribution is -1.83. The summed E-state index contributed by atoms with van der Waals surface area (Å²) < 4.78 is 0. The molecule has 0 fully saturated rings. The number of halogens is 1. The molecular formula is C12H10ClNO. The van der Waals surface area contributed by atoms with E-state index < -0.39 is 0 Å². The van der Waals surface area contributed by atoms with Crippen molar-refractivity contribution in [3.05, 3.63) is 47.1 Å². The second-order valence-electron chi connectivity index (χ2n) is 3.16. The second kappa shape index (κ2) is 4.43. The molecule has 3 heteroatoms. The van der Waals surface area contributed by atoms with E-state index in [-0.39, 0.29) is 6.61 Å². The summed E-state index contributed by atoms with van der Waals surface area (Å²) in [5.74, 6) is 0. The van der Waals surface area contributed by atoms with Gasteiger partial charge in [0.05, 0.1) is 17.8 Å². The number of nitrogens with zero attached hydrogens (tertiary/aromatic N) is 1. The zero-order valence-corrected chi connectivity index (χ0v) is 8.78. The summed E-state index contributed by atoms with van der Waals surface area (Å²) in [6.07, 6.45) is 3.44. The Balaban J connectivity index is 2.47. The predicted octanol–water partition coefficient (Wildman–Crippen LogP) is 2.89. The molecule has 0 aliphatic carbocycles. The third-order valence-electron chi connectivity index (χ3n) is 2.07. The van der Waals surface area contributed by atoms with Gasteiger partial charge in [0.2, 0.25) is 0 Å². The Labute approximate surface area is 92.8 Å². The second-order valence-corrected chi connectivity index (χ2v) is 3.59. The SMILES string of the molecule is OC/C=C/c1ccc2cc(Cl)ccc2n1. The molecule has 1 heterocycles. The van der Waals surface area contributed by atoms with Crippen molar-refractivity contribution in [2.24, 2.45) is 0 Å². The van der Waals surface area contributed by atoms with Crippen LogP contribution in [-0.2, 0) is 0 Å². The van der Waals surface area contributed by atoms with Crippen molar-refractivity contribution in [1.29, 1.82) is 0 Å². The van der Waals surface area contributed by atoms with Crippen LogP contribution < -0.4 is 0 Å². The summed E-state index contributed by atoms with van der Waals surface area (Å²) >= 11 is 5.87. The number of aromatic nitrogens is 1. The molecule has 0 saturated heterocycles. The molecule has 76 valence electrons. The zero-order chi connectivity index (χ0) is 10.7. The maximum atomic E-state index is 8.65. The molecule has 0 spiro atoms. The highest BCUT2D eigenvalue weighted by atomic mass is 35.5. The van der Waals surface area contributed by atoms with Crippen molar-refractivity contribution < 1.29 is 5.11 Å². The Bertz CT molecular complexity index is 508. The third-order valence-corrected chi connectivity index (χ3v) is 2.30. The monoisotopic (exact) mass is 219 g/mol. The Morgan fingerprint density at radius 2 is 2.13 bits per heavy atom. The number of hydrogen-bond acceptors (Lipinski definition) is 2. The number of aliphatic hydroxyl groups is 1. The quantitative estimate of drug-likeness (QED) is 0.843. The van der Waals surface area contributed by atoms with Gasteiger partial charge in [0.1, 0.15) is 0 Å². The summed E-state index contributed by atoms with van der Waals surface area (Å²) in [5.41, 5.74) is 1.73. The summed E-state index contributed by atoms with van der Waals surface area (Å²) in [4.78, 5) is 4.40. The Morgan fingerprint density at radius 3 is 2.93 bits per heavy atom. The summed E-state index contributed by atoms with van der Waals surface area (Å²) in [6, 6.07) is 9.43. The van der Waals surface area contributed by atoms with Gasteiger partial charge in [-0.25, -0.2) is 4.98 Å². The minimum Gasteiger partial charge on any atom is -0.392 e. The van der Waals surface area contributed by atoms with E-state index in [0.717, 1.165) is 16.6 Å². The first-order valence-corrected chi connectivity index (χ1v) is 5.01. The van der Waals surface area contributed by atoms with E-state index >= 15 is 0 Å². The van der Waals surface area contributed by atoms with Crippen LogP contribution in [0, 0.1) is 0 Å². The van der Waals surface area contributed by atoms with Crippen molar-refractivity contribution >= 4 is 28.6 Å². The molecule has 0 aliphatic heterocycles. The smallest absolute Gasteiger partial charge is 0.0710 e. The lowest BCUT2D eigenvalue weighted by atomic mass is 10.2. The van der Waals surface area contributed by atoms with Crippen LogP contribution in [0.5, 0.6) is 0 Å². The number of pyridine rings is 1. The van der Waals surface area contributed by atoms with Crippen LogP contribution >= 0.6 is 11.6 Å². The molecule has 15 heavy (non-hydrogen) atoms. The van der Waals surface area contributed by atoms with Crippen LogP contribution in [0.15, 0.2) is 36.4 Å². The highest BCUT2D eigenvalue weighted by Crippen LogP contribution is 2.18. The fraction of sp³-hybridized carbons (Fsp3) is 0.0833. The predicted molar refractivity (Wildman–Crippen MR) is 62.9 cm³/mol.